The van der Waals surface area contributed by atoms with Crippen LogP contribution in [0, 0.1) is 23.7 Å². The van der Waals surface area contributed by atoms with Crippen LogP contribution in [0.4, 0.5) is 24.5 Å². The molecule has 1 aromatic heterocycles. The third-order valence-corrected chi connectivity index (χ3v) is 8.68. The van der Waals surface area contributed by atoms with Crippen LogP contribution in [0.15, 0.2) is 30.5 Å². The Morgan fingerprint density at radius 1 is 0.921 bits per heavy atom. The molecule has 4 atom stereocenters. The molecule has 3 aliphatic heterocycles. The van der Waals surface area contributed by atoms with Gasteiger partial charge in [0.2, 0.25) is 0 Å². The SMILES string of the molecule is O=C(c1ccc2c(c1)NNN2)N1C[C@@H]2[C@H](C1)[C@H]1CN(C(=O)c3cc(OCC(F)(F)F)c(C4CC4)cn3)C[C@@H]21. The largest absolute Gasteiger partial charge is 0.484 e. The Hall–Kier alpha value is -3.54. The quantitative estimate of drug-likeness (QED) is 0.548. The molecular formula is C26H27F3N6O3. The number of aromatic nitrogens is 1. The molecule has 200 valence electrons. The monoisotopic (exact) mass is 528 g/mol. The number of carbonyl (C=O) groups is 2. The second kappa shape index (κ2) is 8.48. The van der Waals surface area contributed by atoms with Gasteiger partial charge in [-0.15, -0.1) is 5.53 Å². The van der Waals surface area contributed by atoms with Gasteiger partial charge in [-0.3, -0.25) is 14.6 Å². The van der Waals surface area contributed by atoms with Gasteiger partial charge in [0.25, 0.3) is 11.8 Å². The van der Waals surface area contributed by atoms with Crippen LogP contribution in [0.2, 0.25) is 0 Å². The highest BCUT2D eigenvalue weighted by Gasteiger charge is 2.59. The summed E-state index contributed by atoms with van der Waals surface area (Å²) in [6, 6.07) is 6.89. The Morgan fingerprint density at radius 2 is 1.55 bits per heavy atom. The number of halogens is 3. The third kappa shape index (κ3) is 4.01. The molecule has 2 amide bonds. The number of ether oxygens (including phenoxy) is 1. The molecule has 9 nitrogen and oxygen atoms in total. The number of alkyl halides is 3. The molecule has 0 radical (unpaired) electrons. The zero-order valence-electron chi connectivity index (χ0n) is 20.4. The summed E-state index contributed by atoms with van der Waals surface area (Å²) in [6.45, 7) is 1.07. The minimum Gasteiger partial charge on any atom is -0.484 e. The van der Waals surface area contributed by atoms with E-state index in [9.17, 15) is 22.8 Å². The van der Waals surface area contributed by atoms with Gasteiger partial charge in [-0.2, -0.15) is 13.2 Å². The molecule has 2 saturated heterocycles. The molecule has 1 aromatic carbocycles. The van der Waals surface area contributed by atoms with E-state index < -0.39 is 12.8 Å². The number of hydrazine groups is 2. The number of nitrogens with zero attached hydrogens (tertiary/aromatic N) is 3. The van der Waals surface area contributed by atoms with E-state index in [0.717, 1.165) is 24.2 Å². The zero-order valence-corrected chi connectivity index (χ0v) is 20.4. The van der Waals surface area contributed by atoms with E-state index in [1.54, 1.807) is 4.90 Å². The molecule has 12 heteroatoms. The minimum atomic E-state index is -4.46. The van der Waals surface area contributed by atoms with Crippen molar-refractivity contribution >= 4 is 23.2 Å². The van der Waals surface area contributed by atoms with Gasteiger partial charge < -0.3 is 25.4 Å². The molecule has 5 aliphatic rings. The first kappa shape index (κ1) is 23.6. The van der Waals surface area contributed by atoms with Gasteiger partial charge in [-0.1, -0.05) is 0 Å². The van der Waals surface area contributed by atoms with Crippen molar-refractivity contribution in [2.24, 2.45) is 23.7 Å². The first-order chi connectivity index (χ1) is 18.2. The van der Waals surface area contributed by atoms with Crippen LogP contribution in [0.5, 0.6) is 5.75 Å². The number of fused-ring (bicyclic) bond motifs is 5. The van der Waals surface area contributed by atoms with E-state index in [1.807, 2.05) is 23.1 Å². The maximum absolute atomic E-state index is 13.3. The topological polar surface area (TPSA) is 98.8 Å². The number of rotatable bonds is 5. The van der Waals surface area contributed by atoms with Crippen molar-refractivity contribution in [3.05, 3.63) is 47.3 Å². The van der Waals surface area contributed by atoms with Crippen LogP contribution in [-0.4, -0.2) is 65.6 Å². The van der Waals surface area contributed by atoms with Crippen molar-refractivity contribution in [2.75, 3.05) is 43.6 Å². The summed E-state index contributed by atoms with van der Waals surface area (Å²) in [4.78, 5) is 34.4. The molecule has 7 rings (SSSR count). The fourth-order valence-electron chi connectivity index (χ4n) is 6.66. The maximum atomic E-state index is 13.3. The number of benzene rings is 1. The summed E-state index contributed by atoms with van der Waals surface area (Å²) in [7, 11) is 0. The molecule has 3 N–H and O–H groups in total. The van der Waals surface area contributed by atoms with E-state index in [1.165, 1.54) is 12.3 Å². The fraction of sp³-hybridized carbons (Fsp3) is 0.500. The lowest BCUT2D eigenvalue weighted by molar-refractivity contribution is -0.153. The van der Waals surface area contributed by atoms with Crippen LogP contribution in [-0.2, 0) is 0 Å². The highest BCUT2D eigenvalue weighted by Crippen LogP contribution is 2.54. The van der Waals surface area contributed by atoms with Crippen molar-refractivity contribution in [3.63, 3.8) is 0 Å². The van der Waals surface area contributed by atoms with Crippen LogP contribution >= 0.6 is 0 Å². The van der Waals surface area contributed by atoms with Gasteiger partial charge >= 0.3 is 6.18 Å². The molecule has 4 heterocycles. The summed E-state index contributed by atoms with van der Waals surface area (Å²) in [6.07, 6.45) is -1.19. The lowest BCUT2D eigenvalue weighted by atomic mass is 9.60. The van der Waals surface area contributed by atoms with E-state index in [0.29, 0.717) is 61.0 Å². The van der Waals surface area contributed by atoms with Crippen molar-refractivity contribution in [1.82, 2.24) is 20.3 Å². The summed E-state index contributed by atoms with van der Waals surface area (Å²) < 4.78 is 43.4. The summed E-state index contributed by atoms with van der Waals surface area (Å²) in [5, 5.41) is 0. The van der Waals surface area contributed by atoms with Crippen molar-refractivity contribution in [1.29, 1.82) is 0 Å². The number of hydrogen-bond acceptors (Lipinski definition) is 7. The number of carbonyl (C=O) groups excluding carboxylic acids is 2. The molecule has 0 spiro atoms. The van der Waals surface area contributed by atoms with E-state index >= 15 is 0 Å². The Kier molecular flexibility index (Phi) is 5.26. The number of likely N-dealkylation sites (tertiary alicyclic amines) is 2. The summed E-state index contributed by atoms with van der Waals surface area (Å²) in [5.41, 5.74) is 11.8. The highest BCUT2D eigenvalue weighted by atomic mass is 19.4. The van der Waals surface area contributed by atoms with Crippen LogP contribution in [0.3, 0.4) is 0 Å². The van der Waals surface area contributed by atoms with Crippen molar-refractivity contribution in [2.45, 2.75) is 24.9 Å². The zero-order chi connectivity index (χ0) is 26.2. The van der Waals surface area contributed by atoms with Gasteiger partial charge in [0.1, 0.15) is 11.4 Å². The van der Waals surface area contributed by atoms with Gasteiger partial charge in [0.05, 0.1) is 11.4 Å². The molecule has 2 saturated carbocycles. The number of amides is 2. The number of hydrogen-bond donors (Lipinski definition) is 3. The molecule has 2 aliphatic carbocycles. The molecule has 4 fully saturated rings. The Bertz CT molecular complexity index is 1300. The molecule has 2 aromatic rings. The van der Waals surface area contributed by atoms with Crippen molar-refractivity contribution < 1.29 is 27.5 Å². The summed E-state index contributed by atoms with van der Waals surface area (Å²) in [5.74, 6) is 1.27. The Labute approximate surface area is 216 Å². The number of anilines is 2. The first-order valence-electron chi connectivity index (χ1n) is 12.9. The smallest absolute Gasteiger partial charge is 0.422 e. The highest BCUT2D eigenvalue weighted by molar-refractivity contribution is 5.97. The molecular weight excluding hydrogens is 501 g/mol. The maximum Gasteiger partial charge on any atom is 0.422 e. The van der Waals surface area contributed by atoms with Gasteiger partial charge in [-0.05, 0) is 60.6 Å². The molecule has 0 bridgehead atoms. The van der Waals surface area contributed by atoms with Crippen LogP contribution in [0.25, 0.3) is 0 Å². The van der Waals surface area contributed by atoms with E-state index in [2.05, 4.69) is 21.4 Å². The minimum absolute atomic E-state index is 0.00763. The van der Waals surface area contributed by atoms with E-state index in [-0.39, 0.29) is 29.2 Å². The lowest BCUT2D eigenvalue weighted by Crippen LogP contribution is -2.44. The normalized spacial score (nSPS) is 27.1. The van der Waals surface area contributed by atoms with Crippen LogP contribution in [0.1, 0.15) is 45.2 Å². The van der Waals surface area contributed by atoms with Crippen LogP contribution < -0.4 is 21.1 Å². The lowest BCUT2D eigenvalue weighted by Gasteiger charge is -2.42. The Balaban J connectivity index is 1.01. The average Bonchev–Trinajstić information content (AvgIpc) is 3.32. The second-order valence-electron chi connectivity index (χ2n) is 11.0. The number of pyridine rings is 1. The second-order valence-corrected chi connectivity index (χ2v) is 11.0. The predicted octanol–water partition coefficient (Wildman–Crippen LogP) is 3.25. The fourth-order valence-corrected chi connectivity index (χ4v) is 6.66. The molecule has 0 unspecified atom stereocenters. The Morgan fingerprint density at radius 3 is 2.18 bits per heavy atom. The van der Waals surface area contributed by atoms with Gasteiger partial charge in [-0.25, -0.2) is 0 Å². The third-order valence-electron chi connectivity index (χ3n) is 8.68. The van der Waals surface area contributed by atoms with Gasteiger partial charge in [0, 0.05) is 49.6 Å². The summed E-state index contributed by atoms with van der Waals surface area (Å²) >= 11 is 0. The van der Waals surface area contributed by atoms with Crippen molar-refractivity contribution in [3.8, 4) is 5.75 Å². The standard InChI is InChI=1S/C26H27F3N6O3/c27-26(28,29)12-38-23-6-22(30-7-15(23)13-1-2-13)25(37)35-10-18-16-8-34(9-17(16)19(18)11-35)24(36)14-3-4-20-21(5-14)32-33-31-20/h3-7,13,16-19,31-33H,1-2,8-12H2/t16-,17+,18+,19-. The predicted molar refractivity (Wildman–Crippen MR) is 130 cm³/mol. The average molecular weight is 529 g/mol. The molecule has 38 heavy (non-hydrogen) atoms. The van der Waals surface area contributed by atoms with Gasteiger partial charge in [0.15, 0.2) is 6.61 Å². The number of nitrogens with one attached hydrogen (secondary N) is 3. The van der Waals surface area contributed by atoms with E-state index in [4.69, 9.17) is 4.74 Å². The first-order valence-corrected chi connectivity index (χ1v) is 12.9.